The lowest BCUT2D eigenvalue weighted by atomic mass is 9.93. The van der Waals surface area contributed by atoms with E-state index in [0.717, 1.165) is 6.42 Å². The minimum atomic E-state index is 1.06. The minimum absolute atomic E-state index is 1.06. The van der Waals surface area contributed by atoms with Gasteiger partial charge in [0.05, 0.1) is 5.56 Å². The number of nitrogens with zero attached hydrogens (tertiary/aromatic N) is 1. The first kappa shape index (κ1) is 14.9. The zero-order valence-electron chi connectivity index (χ0n) is 15.3. The van der Waals surface area contributed by atoms with Crippen LogP contribution >= 0.6 is 0 Å². The van der Waals surface area contributed by atoms with Crippen LogP contribution in [0, 0.1) is 13.8 Å². The predicted molar refractivity (Wildman–Crippen MR) is 103 cm³/mol. The highest BCUT2D eigenvalue weighted by Gasteiger charge is 2.27. The third-order valence-corrected chi connectivity index (χ3v) is 6.04. The highest BCUT2D eigenvalue weighted by atomic mass is 14.9. The van der Waals surface area contributed by atoms with Crippen LogP contribution in [-0.2, 0) is 26.3 Å². The van der Waals surface area contributed by atoms with Gasteiger partial charge < -0.3 is 0 Å². The molecule has 2 aliphatic rings. The third-order valence-electron chi connectivity index (χ3n) is 6.04. The second-order valence-electron chi connectivity index (χ2n) is 7.79. The zero-order valence-corrected chi connectivity index (χ0v) is 15.3. The van der Waals surface area contributed by atoms with Gasteiger partial charge in [0.25, 0.3) is 0 Å². The van der Waals surface area contributed by atoms with Crippen molar-refractivity contribution >= 4 is 0 Å². The molecule has 0 aliphatic heterocycles. The van der Waals surface area contributed by atoms with Crippen molar-refractivity contribution in [2.75, 3.05) is 0 Å². The minimum Gasteiger partial charge on any atom is -0.201 e. The summed E-state index contributed by atoms with van der Waals surface area (Å²) in [5.41, 5.74) is 14.5. The molecule has 25 heavy (non-hydrogen) atoms. The number of rotatable bonds is 1. The van der Waals surface area contributed by atoms with Crippen molar-refractivity contribution in [2.24, 2.45) is 7.05 Å². The van der Waals surface area contributed by atoms with Crippen LogP contribution in [0.4, 0.5) is 0 Å². The number of benzene rings is 2. The summed E-state index contributed by atoms with van der Waals surface area (Å²) in [6, 6.07) is 14.0. The molecule has 1 heterocycles. The van der Waals surface area contributed by atoms with Crippen LogP contribution in [0.3, 0.4) is 0 Å². The van der Waals surface area contributed by atoms with Gasteiger partial charge in [-0.2, -0.15) is 0 Å². The van der Waals surface area contributed by atoms with Gasteiger partial charge in [-0.15, -0.1) is 0 Å². The molecule has 0 radical (unpaired) electrons. The lowest BCUT2D eigenvalue weighted by Crippen LogP contribution is -2.32. The molecule has 0 fully saturated rings. The fourth-order valence-electron chi connectivity index (χ4n) is 4.80. The van der Waals surface area contributed by atoms with Crippen LogP contribution in [-0.4, -0.2) is 0 Å². The molecule has 0 atom stereocenters. The molecule has 1 nitrogen and oxygen atoms in total. The van der Waals surface area contributed by atoms with Crippen molar-refractivity contribution in [3.8, 4) is 22.4 Å². The number of pyridine rings is 1. The SMILES string of the molecule is Cc1ccc2c(c1)Cc1c-2ccc(C)c1-c1cc2c(c[n+]1C)CCC2. The summed E-state index contributed by atoms with van der Waals surface area (Å²) in [5.74, 6) is 0. The maximum absolute atomic E-state index is 2.46. The Bertz CT molecular complexity index is 1030. The van der Waals surface area contributed by atoms with E-state index < -0.39 is 0 Å². The van der Waals surface area contributed by atoms with Crippen LogP contribution in [0.1, 0.15) is 39.8 Å². The van der Waals surface area contributed by atoms with E-state index in [1.165, 1.54) is 69.5 Å². The lowest BCUT2D eigenvalue weighted by molar-refractivity contribution is -0.660. The Morgan fingerprint density at radius 2 is 1.64 bits per heavy atom. The van der Waals surface area contributed by atoms with Crippen LogP contribution in [0.25, 0.3) is 22.4 Å². The van der Waals surface area contributed by atoms with E-state index in [0.29, 0.717) is 0 Å². The maximum Gasteiger partial charge on any atom is 0.213 e. The van der Waals surface area contributed by atoms with Gasteiger partial charge in [0.1, 0.15) is 7.05 Å². The molecular formula is C24H24N+. The first-order valence-electron chi connectivity index (χ1n) is 9.36. The largest absolute Gasteiger partial charge is 0.213 e. The molecule has 1 aromatic heterocycles. The zero-order chi connectivity index (χ0) is 17.1. The average molecular weight is 326 g/mol. The molecule has 0 saturated heterocycles. The second-order valence-corrected chi connectivity index (χ2v) is 7.79. The molecule has 0 saturated carbocycles. The number of aromatic nitrogens is 1. The summed E-state index contributed by atoms with van der Waals surface area (Å²) >= 11 is 0. The second kappa shape index (κ2) is 5.29. The normalized spacial score (nSPS) is 14.4. The molecule has 5 rings (SSSR count). The van der Waals surface area contributed by atoms with E-state index in [4.69, 9.17) is 0 Å². The van der Waals surface area contributed by atoms with Gasteiger partial charge in [0, 0.05) is 11.6 Å². The summed E-state index contributed by atoms with van der Waals surface area (Å²) < 4.78 is 2.35. The molecule has 3 aromatic rings. The summed E-state index contributed by atoms with van der Waals surface area (Å²) in [7, 11) is 2.21. The highest BCUT2D eigenvalue weighted by Crippen LogP contribution is 2.43. The maximum atomic E-state index is 2.46. The van der Waals surface area contributed by atoms with E-state index in [2.05, 4.69) is 68.1 Å². The van der Waals surface area contributed by atoms with E-state index >= 15 is 0 Å². The molecule has 2 aromatic carbocycles. The van der Waals surface area contributed by atoms with Crippen molar-refractivity contribution in [1.82, 2.24) is 0 Å². The van der Waals surface area contributed by atoms with Crippen molar-refractivity contribution in [3.63, 3.8) is 0 Å². The highest BCUT2D eigenvalue weighted by molar-refractivity contribution is 5.85. The topological polar surface area (TPSA) is 3.88 Å². The Labute approximate surface area is 150 Å². The molecule has 0 bridgehead atoms. The lowest BCUT2D eigenvalue weighted by Gasteiger charge is -2.12. The van der Waals surface area contributed by atoms with E-state index in [1.54, 1.807) is 5.56 Å². The van der Waals surface area contributed by atoms with Gasteiger partial charge in [0.15, 0.2) is 6.20 Å². The van der Waals surface area contributed by atoms with Gasteiger partial charge in [-0.05, 0) is 72.9 Å². The van der Waals surface area contributed by atoms with Crippen LogP contribution in [0.5, 0.6) is 0 Å². The summed E-state index contributed by atoms with van der Waals surface area (Å²) in [6.07, 6.45) is 7.19. The van der Waals surface area contributed by atoms with Gasteiger partial charge >= 0.3 is 0 Å². The van der Waals surface area contributed by atoms with E-state index in [9.17, 15) is 0 Å². The first-order valence-corrected chi connectivity index (χ1v) is 9.36. The smallest absolute Gasteiger partial charge is 0.201 e. The Balaban J connectivity index is 1.75. The van der Waals surface area contributed by atoms with E-state index in [1.807, 2.05) is 0 Å². The molecule has 0 N–H and O–H groups in total. The monoisotopic (exact) mass is 326 g/mol. The quantitative estimate of drug-likeness (QED) is 0.440. The Morgan fingerprint density at radius 1 is 0.840 bits per heavy atom. The summed E-state index contributed by atoms with van der Waals surface area (Å²) in [6.45, 7) is 4.45. The van der Waals surface area contributed by atoms with Gasteiger partial charge in [-0.3, -0.25) is 0 Å². The fraction of sp³-hybridized carbons (Fsp3) is 0.292. The molecule has 2 aliphatic carbocycles. The van der Waals surface area contributed by atoms with E-state index in [-0.39, 0.29) is 0 Å². The Morgan fingerprint density at radius 3 is 2.52 bits per heavy atom. The molecular weight excluding hydrogens is 302 g/mol. The summed E-state index contributed by atoms with van der Waals surface area (Å²) in [5, 5.41) is 0. The molecule has 0 spiro atoms. The summed E-state index contributed by atoms with van der Waals surface area (Å²) in [4.78, 5) is 0. The average Bonchev–Trinajstić information content (AvgIpc) is 3.17. The van der Waals surface area contributed by atoms with Crippen LogP contribution in [0.2, 0.25) is 0 Å². The molecule has 0 amide bonds. The van der Waals surface area contributed by atoms with Crippen molar-refractivity contribution in [3.05, 3.63) is 76.0 Å². The van der Waals surface area contributed by atoms with Crippen molar-refractivity contribution in [1.29, 1.82) is 0 Å². The molecule has 1 heteroatoms. The fourth-order valence-corrected chi connectivity index (χ4v) is 4.80. The number of aryl methyl sites for hydroxylation is 5. The van der Waals surface area contributed by atoms with Crippen LogP contribution in [0.15, 0.2) is 42.6 Å². The number of hydrogen-bond acceptors (Lipinski definition) is 0. The van der Waals surface area contributed by atoms with Crippen LogP contribution < -0.4 is 4.57 Å². The van der Waals surface area contributed by atoms with Gasteiger partial charge in [-0.1, -0.05) is 35.9 Å². The van der Waals surface area contributed by atoms with Crippen molar-refractivity contribution < 1.29 is 4.57 Å². The van der Waals surface area contributed by atoms with Crippen molar-refractivity contribution in [2.45, 2.75) is 39.5 Å². The predicted octanol–water partition coefficient (Wildman–Crippen LogP) is 4.85. The molecule has 124 valence electrons. The number of hydrogen-bond donors (Lipinski definition) is 0. The standard InChI is InChI=1S/C24H24N/c1-15-7-9-20-19(11-15)12-22-21(20)10-8-16(2)24(22)23-13-17-5-4-6-18(17)14-25(23)3/h7-11,13-14H,4-6,12H2,1-3H3/q+1. The third kappa shape index (κ3) is 2.18. The van der Waals surface area contributed by atoms with Gasteiger partial charge in [0.2, 0.25) is 5.69 Å². The van der Waals surface area contributed by atoms with Gasteiger partial charge in [-0.25, -0.2) is 4.57 Å². The number of fused-ring (bicyclic) bond motifs is 4. The molecule has 0 unspecified atom stereocenters. The first-order chi connectivity index (χ1) is 12.1. The Kier molecular flexibility index (Phi) is 3.15. The Hall–Kier alpha value is -2.41.